The molecule has 0 saturated heterocycles. The molecule has 0 aliphatic heterocycles. The average molecular weight is 411 g/mol. The highest BCUT2D eigenvalue weighted by atomic mass is 32.2. The molecule has 0 aliphatic carbocycles. The first-order valence-corrected chi connectivity index (χ1v) is 12.4. The smallest absolute Gasteiger partial charge is 0.317 e. The molecule has 5 heteroatoms. The minimum Gasteiger partial charge on any atom is -0.480 e. The van der Waals surface area contributed by atoms with E-state index in [1.165, 1.54) is 88.8 Å². The Balaban J connectivity index is 2.58. The summed E-state index contributed by atoms with van der Waals surface area (Å²) in [6.45, 7) is 7.42. The average Bonchev–Trinajstić information content (AvgIpc) is 3.12. The van der Waals surface area contributed by atoms with E-state index in [1.807, 2.05) is 19.3 Å². The Labute approximate surface area is 176 Å². The van der Waals surface area contributed by atoms with Gasteiger partial charge in [0.1, 0.15) is 5.25 Å². The first kappa shape index (κ1) is 25.1. The van der Waals surface area contributed by atoms with Crippen LogP contribution in [0.1, 0.15) is 104 Å². The molecule has 0 saturated carbocycles. The minimum absolute atomic E-state index is 0.414. The Hall–Kier alpha value is -0.970. The standard InChI is InChI=1S/C23H42N2O2S/c1-4-7-9-11-12-14-16-20(15-13-10-8-5-2)19-25-18-17-24-23(25)28-21(6-3)22(26)27/h17-18,20-21H,4-16,19H2,1-3H3,(H,26,27). The molecular weight excluding hydrogens is 368 g/mol. The van der Waals surface area contributed by atoms with Crippen molar-refractivity contribution in [3.8, 4) is 0 Å². The molecule has 4 nitrogen and oxygen atoms in total. The Kier molecular flexibility index (Phi) is 14.2. The van der Waals surface area contributed by atoms with Gasteiger partial charge in [0.25, 0.3) is 0 Å². The third-order valence-corrected chi connectivity index (χ3v) is 6.83. The van der Waals surface area contributed by atoms with Crippen LogP contribution in [0.2, 0.25) is 0 Å². The highest BCUT2D eigenvalue weighted by Gasteiger charge is 2.20. The van der Waals surface area contributed by atoms with Gasteiger partial charge in [0, 0.05) is 18.9 Å². The predicted octanol–water partition coefficient (Wildman–Crippen LogP) is 7.18. The van der Waals surface area contributed by atoms with E-state index in [1.54, 1.807) is 0 Å². The number of aliphatic carboxylic acids is 1. The molecule has 0 radical (unpaired) electrons. The Bertz CT molecular complexity index is 518. The van der Waals surface area contributed by atoms with Crippen LogP contribution in [0.25, 0.3) is 0 Å². The lowest BCUT2D eigenvalue weighted by atomic mass is 9.94. The molecule has 1 N–H and O–H groups in total. The molecule has 0 spiro atoms. The SMILES string of the molecule is CCCCCCCCC(CCCCCC)Cn1ccnc1SC(CC)C(=O)O. The maximum Gasteiger partial charge on any atom is 0.317 e. The quantitative estimate of drug-likeness (QED) is 0.206. The van der Waals surface area contributed by atoms with Crippen LogP contribution in [0.3, 0.4) is 0 Å². The number of nitrogens with zero attached hydrogens (tertiary/aromatic N) is 2. The van der Waals surface area contributed by atoms with Gasteiger partial charge in [-0.1, -0.05) is 96.7 Å². The van der Waals surface area contributed by atoms with Crippen molar-refractivity contribution in [3.05, 3.63) is 12.4 Å². The van der Waals surface area contributed by atoms with Gasteiger partial charge in [-0.15, -0.1) is 0 Å². The number of thioether (sulfide) groups is 1. The second-order valence-electron chi connectivity index (χ2n) is 7.99. The molecule has 1 rings (SSSR count). The second kappa shape index (κ2) is 15.9. The molecule has 1 aromatic heterocycles. The van der Waals surface area contributed by atoms with Crippen molar-refractivity contribution >= 4 is 17.7 Å². The van der Waals surface area contributed by atoms with E-state index < -0.39 is 11.2 Å². The molecule has 28 heavy (non-hydrogen) atoms. The molecular formula is C23H42N2O2S. The summed E-state index contributed by atoms with van der Waals surface area (Å²) in [4.78, 5) is 15.8. The van der Waals surface area contributed by atoms with E-state index >= 15 is 0 Å². The van der Waals surface area contributed by atoms with Gasteiger partial charge in [0.15, 0.2) is 5.16 Å². The van der Waals surface area contributed by atoms with Crippen molar-refractivity contribution in [2.24, 2.45) is 5.92 Å². The molecule has 0 bridgehead atoms. The van der Waals surface area contributed by atoms with E-state index in [0.29, 0.717) is 12.3 Å². The summed E-state index contributed by atoms with van der Waals surface area (Å²) in [6, 6.07) is 0. The van der Waals surface area contributed by atoms with Gasteiger partial charge in [0.05, 0.1) is 0 Å². The maximum atomic E-state index is 11.4. The third-order valence-electron chi connectivity index (χ3n) is 5.46. The number of carboxylic acids is 1. The predicted molar refractivity (Wildman–Crippen MR) is 120 cm³/mol. The number of hydrogen-bond acceptors (Lipinski definition) is 3. The number of aromatic nitrogens is 2. The largest absolute Gasteiger partial charge is 0.480 e. The molecule has 0 aromatic carbocycles. The van der Waals surface area contributed by atoms with Crippen LogP contribution in [-0.2, 0) is 11.3 Å². The number of hydrogen-bond donors (Lipinski definition) is 1. The third kappa shape index (κ3) is 10.5. The van der Waals surface area contributed by atoms with Gasteiger partial charge in [-0.2, -0.15) is 0 Å². The van der Waals surface area contributed by atoms with Crippen molar-refractivity contribution in [2.45, 2.75) is 121 Å². The number of carboxylic acid groups (broad SMARTS) is 1. The topological polar surface area (TPSA) is 55.1 Å². The molecule has 2 unspecified atom stereocenters. The van der Waals surface area contributed by atoms with Crippen LogP contribution < -0.4 is 0 Å². The highest BCUT2D eigenvalue weighted by Crippen LogP contribution is 2.27. The van der Waals surface area contributed by atoms with Crippen LogP contribution in [0.4, 0.5) is 0 Å². The zero-order chi connectivity index (χ0) is 20.6. The lowest BCUT2D eigenvalue weighted by Gasteiger charge is -2.19. The fourth-order valence-corrected chi connectivity index (χ4v) is 4.58. The molecule has 162 valence electrons. The summed E-state index contributed by atoms with van der Waals surface area (Å²) in [5.41, 5.74) is 0. The summed E-state index contributed by atoms with van der Waals surface area (Å²) in [7, 11) is 0. The van der Waals surface area contributed by atoms with Gasteiger partial charge in [-0.25, -0.2) is 4.98 Å². The van der Waals surface area contributed by atoms with E-state index in [9.17, 15) is 9.90 Å². The fraction of sp³-hybridized carbons (Fsp3) is 0.826. The molecule has 0 aliphatic rings. The number of unbranched alkanes of at least 4 members (excludes halogenated alkanes) is 8. The van der Waals surface area contributed by atoms with E-state index in [0.717, 1.165) is 11.7 Å². The van der Waals surface area contributed by atoms with Crippen molar-refractivity contribution < 1.29 is 9.90 Å². The maximum absolute atomic E-state index is 11.4. The fourth-order valence-electron chi connectivity index (χ4n) is 3.67. The van der Waals surface area contributed by atoms with Gasteiger partial charge in [-0.3, -0.25) is 4.79 Å². The zero-order valence-corrected chi connectivity index (χ0v) is 19.2. The van der Waals surface area contributed by atoms with E-state index in [4.69, 9.17) is 0 Å². The van der Waals surface area contributed by atoms with E-state index in [2.05, 4.69) is 23.4 Å². The minimum atomic E-state index is -0.745. The molecule has 0 fully saturated rings. The second-order valence-corrected chi connectivity index (χ2v) is 9.16. The lowest BCUT2D eigenvalue weighted by molar-refractivity contribution is -0.136. The number of carbonyl (C=O) groups is 1. The van der Waals surface area contributed by atoms with Gasteiger partial charge in [0.2, 0.25) is 0 Å². The normalized spacial score (nSPS) is 13.5. The van der Waals surface area contributed by atoms with Crippen molar-refractivity contribution in [3.63, 3.8) is 0 Å². The monoisotopic (exact) mass is 410 g/mol. The van der Waals surface area contributed by atoms with E-state index in [-0.39, 0.29) is 0 Å². The van der Waals surface area contributed by atoms with Crippen molar-refractivity contribution in [1.29, 1.82) is 0 Å². The number of rotatable bonds is 18. The first-order chi connectivity index (χ1) is 13.6. The van der Waals surface area contributed by atoms with Gasteiger partial charge < -0.3 is 9.67 Å². The van der Waals surface area contributed by atoms with Crippen LogP contribution in [0, 0.1) is 5.92 Å². The molecule has 1 heterocycles. The number of imidazole rings is 1. The summed E-state index contributed by atoms with van der Waals surface area (Å²) in [5.74, 6) is -0.0771. The Morgan fingerprint density at radius 3 is 2.14 bits per heavy atom. The molecule has 0 amide bonds. The molecule has 1 aromatic rings. The first-order valence-electron chi connectivity index (χ1n) is 11.5. The summed E-state index contributed by atoms with van der Waals surface area (Å²) < 4.78 is 2.19. The van der Waals surface area contributed by atoms with Crippen LogP contribution in [0.5, 0.6) is 0 Å². The lowest BCUT2D eigenvalue weighted by Crippen LogP contribution is -2.17. The molecule has 2 atom stereocenters. The van der Waals surface area contributed by atoms with Gasteiger partial charge >= 0.3 is 5.97 Å². The zero-order valence-electron chi connectivity index (χ0n) is 18.4. The summed E-state index contributed by atoms with van der Waals surface area (Å²) in [5, 5.41) is 9.80. The van der Waals surface area contributed by atoms with Gasteiger partial charge in [-0.05, 0) is 25.2 Å². The van der Waals surface area contributed by atoms with Crippen molar-refractivity contribution in [1.82, 2.24) is 9.55 Å². The van der Waals surface area contributed by atoms with Crippen LogP contribution in [0.15, 0.2) is 17.6 Å². The Morgan fingerprint density at radius 1 is 1.00 bits per heavy atom. The van der Waals surface area contributed by atoms with Crippen LogP contribution >= 0.6 is 11.8 Å². The summed E-state index contributed by atoms with van der Waals surface area (Å²) >= 11 is 1.39. The van der Waals surface area contributed by atoms with Crippen LogP contribution in [-0.4, -0.2) is 25.9 Å². The Morgan fingerprint density at radius 2 is 1.57 bits per heavy atom. The summed E-state index contributed by atoms with van der Waals surface area (Å²) in [6.07, 6.45) is 20.3. The van der Waals surface area contributed by atoms with Crippen molar-refractivity contribution in [2.75, 3.05) is 0 Å². The highest BCUT2D eigenvalue weighted by molar-refractivity contribution is 8.00.